The molecule has 1 unspecified atom stereocenters. The van der Waals surface area contributed by atoms with Gasteiger partial charge in [0.25, 0.3) is 0 Å². The number of carbonyl (C=O) groups excluding carboxylic acids is 2. The normalized spacial score (nSPS) is 14.9. The highest BCUT2D eigenvalue weighted by molar-refractivity contribution is 5.88. The van der Waals surface area contributed by atoms with Crippen LogP contribution in [-0.4, -0.2) is 42.4 Å². The van der Waals surface area contributed by atoms with Gasteiger partial charge < -0.3 is 16.0 Å². The first-order valence-corrected chi connectivity index (χ1v) is 8.03. The molecule has 0 radical (unpaired) electrons. The summed E-state index contributed by atoms with van der Waals surface area (Å²) in [6.07, 6.45) is 3.64. The minimum atomic E-state index is -0.481. The van der Waals surface area contributed by atoms with Crippen molar-refractivity contribution >= 4 is 24.2 Å². The Kier molecular flexibility index (Phi) is 8.66. The summed E-state index contributed by atoms with van der Waals surface area (Å²) in [5, 5.41) is 2.89. The molecule has 0 bridgehead atoms. The van der Waals surface area contributed by atoms with Gasteiger partial charge in [0, 0.05) is 25.9 Å². The van der Waals surface area contributed by atoms with E-state index in [4.69, 9.17) is 5.73 Å². The van der Waals surface area contributed by atoms with Crippen LogP contribution in [0.5, 0.6) is 0 Å². The molecule has 5 nitrogen and oxygen atoms in total. The number of carbonyl (C=O) groups is 2. The van der Waals surface area contributed by atoms with Crippen LogP contribution in [0.4, 0.5) is 0 Å². The van der Waals surface area contributed by atoms with Crippen LogP contribution in [0.15, 0.2) is 30.3 Å². The summed E-state index contributed by atoms with van der Waals surface area (Å²) in [7, 11) is 0. The minimum absolute atomic E-state index is 0. The fourth-order valence-electron chi connectivity index (χ4n) is 2.74. The highest BCUT2D eigenvalue weighted by atomic mass is 35.5. The van der Waals surface area contributed by atoms with E-state index in [0.717, 1.165) is 31.5 Å². The molecule has 3 N–H and O–H groups in total. The van der Waals surface area contributed by atoms with E-state index in [2.05, 4.69) is 5.32 Å². The molecule has 0 spiro atoms. The summed E-state index contributed by atoms with van der Waals surface area (Å²) in [6, 6.07) is 9.32. The van der Waals surface area contributed by atoms with Gasteiger partial charge in [0.1, 0.15) is 6.04 Å². The number of rotatable bonds is 7. The number of benzene rings is 1. The zero-order chi connectivity index (χ0) is 15.8. The molecule has 1 heterocycles. The van der Waals surface area contributed by atoms with Gasteiger partial charge in [-0.2, -0.15) is 0 Å². The Labute approximate surface area is 144 Å². The second kappa shape index (κ2) is 10.2. The summed E-state index contributed by atoms with van der Waals surface area (Å²) in [5.41, 5.74) is 6.49. The monoisotopic (exact) mass is 339 g/mol. The lowest BCUT2D eigenvalue weighted by molar-refractivity contribution is -0.135. The van der Waals surface area contributed by atoms with Crippen molar-refractivity contribution in [1.29, 1.82) is 0 Å². The smallest absolute Gasteiger partial charge is 0.245 e. The topological polar surface area (TPSA) is 75.4 Å². The number of amides is 2. The average Bonchev–Trinajstić information content (AvgIpc) is 3.07. The van der Waals surface area contributed by atoms with Crippen molar-refractivity contribution < 1.29 is 9.59 Å². The highest BCUT2D eigenvalue weighted by Crippen LogP contribution is 2.12. The lowest BCUT2D eigenvalue weighted by atomic mass is 10.0. The van der Waals surface area contributed by atoms with E-state index in [-0.39, 0.29) is 24.2 Å². The van der Waals surface area contributed by atoms with E-state index in [0.29, 0.717) is 25.8 Å². The van der Waals surface area contributed by atoms with E-state index >= 15 is 0 Å². The van der Waals surface area contributed by atoms with Crippen molar-refractivity contribution in [2.45, 2.75) is 38.1 Å². The molecule has 2 amide bonds. The average molecular weight is 340 g/mol. The zero-order valence-electron chi connectivity index (χ0n) is 13.4. The molecule has 0 aromatic heterocycles. The Morgan fingerprint density at radius 2 is 1.83 bits per heavy atom. The molecule has 1 aliphatic heterocycles. The standard InChI is InChI=1S/C17H25N3O2.ClH/c18-10-6-9-16(21)19-15(13-14-7-2-1-3-8-14)17(22)20-11-4-5-12-20;/h1-3,7-8,15H,4-6,9-13,18H2,(H,19,21);1H. The van der Waals surface area contributed by atoms with Gasteiger partial charge in [-0.1, -0.05) is 30.3 Å². The molecule has 1 saturated heterocycles. The molecule has 1 aromatic carbocycles. The molecular formula is C17H26ClN3O2. The predicted molar refractivity (Wildman–Crippen MR) is 93.4 cm³/mol. The molecule has 6 heteroatoms. The molecule has 23 heavy (non-hydrogen) atoms. The van der Waals surface area contributed by atoms with Crippen molar-refractivity contribution in [3.8, 4) is 0 Å². The van der Waals surface area contributed by atoms with Crippen molar-refractivity contribution in [2.24, 2.45) is 5.73 Å². The third-order valence-corrected chi connectivity index (χ3v) is 3.94. The molecule has 0 saturated carbocycles. The van der Waals surface area contributed by atoms with Crippen LogP contribution in [0.25, 0.3) is 0 Å². The Morgan fingerprint density at radius 1 is 1.17 bits per heavy atom. The Bertz CT molecular complexity index is 490. The van der Waals surface area contributed by atoms with E-state index in [9.17, 15) is 9.59 Å². The number of hydrogen-bond donors (Lipinski definition) is 2. The van der Waals surface area contributed by atoms with Crippen LogP contribution < -0.4 is 11.1 Å². The van der Waals surface area contributed by atoms with Gasteiger partial charge in [-0.05, 0) is 31.4 Å². The second-order valence-corrected chi connectivity index (χ2v) is 5.73. The van der Waals surface area contributed by atoms with E-state index in [1.165, 1.54) is 0 Å². The van der Waals surface area contributed by atoms with Gasteiger partial charge in [-0.3, -0.25) is 9.59 Å². The summed E-state index contributed by atoms with van der Waals surface area (Å²) in [6.45, 7) is 2.07. The molecule has 2 rings (SSSR count). The van der Waals surface area contributed by atoms with Crippen LogP contribution in [0.1, 0.15) is 31.2 Å². The Morgan fingerprint density at radius 3 is 2.43 bits per heavy atom. The summed E-state index contributed by atoms with van der Waals surface area (Å²) >= 11 is 0. The number of hydrogen-bond acceptors (Lipinski definition) is 3. The first kappa shape index (κ1) is 19.5. The van der Waals surface area contributed by atoms with Gasteiger partial charge in [0.15, 0.2) is 0 Å². The lowest BCUT2D eigenvalue weighted by Crippen LogP contribution is -2.49. The molecule has 1 aliphatic rings. The predicted octanol–water partition coefficient (Wildman–Crippen LogP) is 1.50. The third-order valence-electron chi connectivity index (χ3n) is 3.94. The van der Waals surface area contributed by atoms with Crippen LogP contribution in [-0.2, 0) is 16.0 Å². The van der Waals surface area contributed by atoms with E-state index in [1.807, 2.05) is 35.2 Å². The van der Waals surface area contributed by atoms with Crippen molar-refractivity contribution in [1.82, 2.24) is 10.2 Å². The number of nitrogens with two attached hydrogens (primary N) is 1. The molecule has 1 atom stereocenters. The summed E-state index contributed by atoms with van der Waals surface area (Å²) in [5.74, 6) is -0.0682. The maximum Gasteiger partial charge on any atom is 0.245 e. The quantitative estimate of drug-likeness (QED) is 0.790. The fourth-order valence-corrected chi connectivity index (χ4v) is 2.74. The van der Waals surface area contributed by atoms with Crippen LogP contribution in [0.2, 0.25) is 0 Å². The largest absolute Gasteiger partial charge is 0.344 e. The highest BCUT2D eigenvalue weighted by Gasteiger charge is 2.27. The first-order valence-electron chi connectivity index (χ1n) is 8.03. The van der Waals surface area contributed by atoms with Crippen molar-refractivity contribution in [3.05, 3.63) is 35.9 Å². The maximum absolute atomic E-state index is 12.6. The zero-order valence-corrected chi connectivity index (χ0v) is 14.2. The summed E-state index contributed by atoms with van der Waals surface area (Å²) in [4.78, 5) is 26.5. The van der Waals surface area contributed by atoms with Gasteiger partial charge in [-0.15, -0.1) is 12.4 Å². The molecule has 128 valence electrons. The molecule has 1 aromatic rings. The van der Waals surface area contributed by atoms with Crippen LogP contribution in [0, 0.1) is 0 Å². The molecular weight excluding hydrogens is 314 g/mol. The summed E-state index contributed by atoms with van der Waals surface area (Å²) < 4.78 is 0. The maximum atomic E-state index is 12.6. The number of nitrogens with one attached hydrogen (secondary N) is 1. The minimum Gasteiger partial charge on any atom is -0.344 e. The first-order chi connectivity index (χ1) is 10.7. The Hall–Kier alpha value is -1.59. The van der Waals surface area contributed by atoms with Crippen LogP contribution >= 0.6 is 12.4 Å². The van der Waals surface area contributed by atoms with Crippen molar-refractivity contribution in [3.63, 3.8) is 0 Å². The SMILES string of the molecule is Cl.NCCCC(=O)NC(Cc1ccccc1)C(=O)N1CCCC1. The molecule has 0 aliphatic carbocycles. The number of nitrogens with zero attached hydrogens (tertiary/aromatic N) is 1. The van der Waals surface area contributed by atoms with Gasteiger partial charge >= 0.3 is 0 Å². The van der Waals surface area contributed by atoms with Gasteiger partial charge in [0.2, 0.25) is 11.8 Å². The second-order valence-electron chi connectivity index (χ2n) is 5.73. The number of halogens is 1. The van der Waals surface area contributed by atoms with Gasteiger partial charge in [0.05, 0.1) is 0 Å². The lowest BCUT2D eigenvalue weighted by Gasteiger charge is -2.24. The number of likely N-dealkylation sites (tertiary alicyclic amines) is 1. The van der Waals surface area contributed by atoms with E-state index in [1.54, 1.807) is 0 Å². The molecule has 1 fully saturated rings. The third kappa shape index (κ3) is 6.20. The fraction of sp³-hybridized carbons (Fsp3) is 0.529. The van der Waals surface area contributed by atoms with Gasteiger partial charge in [-0.25, -0.2) is 0 Å². The van der Waals surface area contributed by atoms with Crippen LogP contribution in [0.3, 0.4) is 0 Å². The van der Waals surface area contributed by atoms with Crippen molar-refractivity contribution in [2.75, 3.05) is 19.6 Å². The Balaban J connectivity index is 0.00000264. The van der Waals surface area contributed by atoms with E-state index < -0.39 is 6.04 Å².